The third kappa shape index (κ3) is 1.60. The molecule has 0 saturated heterocycles. The van der Waals surface area contributed by atoms with Crippen molar-refractivity contribution in [1.82, 2.24) is 4.98 Å². The normalized spacial score (nSPS) is 14.1. The predicted molar refractivity (Wildman–Crippen MR) is 66.9 cm³/mol. The summed E-state index contributed by atoms with van der Waals surface area (Å²) in [6.07, 6.45) is 2.03. The number of carbonyl (C=O) groups is 1. The van der Waals surface area contributed by atoms with Gasteiger partial charge in [0.15, 0.2) is 0 Å². The number of nitrogens with two attached hydrogens (primary N) is 1. The lowest BCUT2D eigenvalue weighted by molar-refractivity contribution is -0.117. The van der Waals surface area contributed by atoms with Crippen molar-refractivity contribution in [3.05, 3.63) is 35.9 Å². The Labute approximate surface area is 104 Å². The molecule has 5 nitrogen and oxygen atoms in total. The molecule has 1 aromatic carbocycles. The average Bonchev–Trinajstić information content (AvgIpc) is 2.95. The van der Waals surface area contributed by atoms with Gasteiger partial charge in [0, 0.05) is 18.3 Å². The number of amides is 1. The maximum Gasteiger partial charge on any atom is 0.231 e. The van der Waals surface area contributed by atoms with Crippen LogP contribution in [0.1, 0.15) is 11.5 Å². The summed E-state index contributed by atoms with van der Waals surface area (Å²) in [6, 6.07) is 5.85. The number of hydrogen-bond donors (Lipinski definition) is 1. The van der Waals surface area contributed by atoms with Crippen LogP contribution < -0.4 is 10.6 Å². The molecule has 0 bridgehead atoms. The fraction of sp³-hybridized carbons (Fsp3) is 0.231. The first-order valence-corrected chi connectivity index (χ1v) is 5.73. The van der Waals surface area contributed by atoms with Crippen LogP contribution in [-0.4, -0.2) is 17.9 Å². The van der Waals surface area contributed by atoms with Gasteiger partial charge in [-0.3, -0.25) is 4.79 Å². The molecule has 1 aliphatic heterocycles. The van der Waals surface area contributed by atoms with E-state index in [1.165, 1.54) is 0 Å². The molecule has 92 valence electrons. The smallest absolute Gasteiger partial charge is 0.231 e. The molecule has 18 heavy (non-hydrogen) atoms. The fourth-order valence-corrected chi connectivity index (χ4v) is 2.17. The third-order valence-corrected chi connectivity index (χ3v) is 3.18. The van der Waals surface area contributed by atoms with Gasteiger partial charge < -0.3 is 15.1 Å². The highest BCUT2D eigenvalue weighted by Gasteiger charge is 2.24. The number of carbonyl (C=O) groups excluding carboxylic acids is 1. The van der Waals surface area contributed by atoms with Gasteiger partial charge in [-0.15, -0.1) is 0 Å². The van der Waals surface area contributed by atoms with Crippen LogP contribution >= 0.6 is 0 Å². The summed E-state index contributed by atoms with van der Waals surface area (Å²) in [7, 11) is 1.79. The standard InChI is InChI=1S/C13H13N3O2/c1-16-11-3-2-8(4-9(11)5-13(16)17)10-7-18-12(6-14)15-10/h2-4,7H,5-6,14H2,1H3. The number of hydrogen-bond acceptors (Lipinski definition) is 4. The van der Waals surface area contributed by atoms with Crippen molar-refractivity contribution < 1.29 is 9.21 Å². The van der Waals surface area contributed by atoms with Gasteiger partial charge in [-0.25, -0.2) is 4.98 Å². The highest BCUT2D eigenvalue weighted by molar-refractivity contribution is 6.01. The number of anilines is 1. The van der Waals surface area contributed by atoms with E-state index in [-0.39, 0.29) is 12.5 Å². The number of likely N-dealkylation sites (N-methyl/N-ethyl adjacent to an activating group) is 1. The van der Waals surface area contributed by atoms with Crippen LogP contribution in [0.15, 0.2) is 28.9 Å². The summed E-state index contributed by atoms with van der Waals surface area (Å²) in [6.45, 7) is 0.284. The van der Waals surface area contributed by atoms with Crippen LogP contribution in [0.25, 0.3) is 11.3 Å². The molecular formula is C13H13N3O2. The summed E-state index contributed by atoms with van der Waals surface area (Å²) >= 11 is 0. The number of fused-ring (bicyclic) bond motifs is 1. The first-order valence-electron chi connectivity index (χ1n) is 5.73. The monoisotopic (exact) mass is 243 g/mol. The van der Waals surface area contributed by atoms with E-state index in [1.807, 2.05) is 18.2 Å². The molecule has 0 saturated carbocycles. The lowest BCUT2D eigenvalue weighted by Crippen LogP contribution is -2.20. The summed E-state index contributed by atoms with van der Waals surface area (Å²) in [4.78, 5) is 17.6. The van der Waals surface area contributed by atoms with Crippen LogP contribution in [0.3, 0.4) is 0 Å². The van der Waals surface area contributed by atoms with Crippen molar-refractivity contribution in [2.24, 2.45) is 5.73 Å². The molecule has 0 radical (unpaired) electrons. The van der Waals surface area contributed by atoms with Crippen LogP contribution in [0, 0.1) is 0 Å². The molecule has 5 heteroatoms. The molecular weight excluding hydrogens is 230 g/mol. The van der Waals surface area contributed by atoms with Gasteiger partial charge in [0.05, 0.1) is 13.0 Å². The fourth-order valence-electron chi connectivity index (χ4n) is 2.17. The molecule has 1 aliphatic rings. The Kier molecular flexibility index (Phi) is 2.41. The van der Waals surface area contributed by atoms with E-state index in [0.717, 1.165) is 22.5 Å². The topological polar surface area (TPSA) is 72.4 Å². The first kappa shape index (κ1) is 11.0. The zero-order valence-electron chi connectivity index (χ0n) is 10.0. The lowest BCUT2D eigenvalue weighted by Gasteiger charge is -2.09. The van der Waals surface area contributed by atoms with Gasteiger partial charge in [0.25, 0.3) is 0 Å². The summed E-state index contributed by atoms with van der Waals surface area (Å²) in [5.41, 5.74) is 9.14. The number of benzene rings is 1. The molecule has 0 unspecified atom stereocenters. The minimum absolute atomic E-state index is 0.116. The van der Waals surface area contributed by atoms with Crippen LogP contribution in [0.4, 0.5) is 5.69 Å². The van der Waals surface area contributed by atoms with E-state index in [1.54, 1.807) is 18.2 Å². The third-order valence-electron chi connectivity index (χ3n) is 3.18. The molecule has 1 aromatic heterocycles. The molecule has 3 rings (SSSR count). The number of oxazole rings is 1. The van der Waals surface area contributed by atoms with Gasteiger partial charge in [-0.2, -0.15) is 0 Å². The highest BCUT2D eigenvalue weighted by atomic mass is 16.3. The van der Waals surface area contributed by atoms with Crippen molar-refractivity contribution in [2.45, 2.75) is 13.0 Å². The Bertz CT molecular complexity index is 618. The quantitative estimate of drug-likeness (QED) is 0.863. The highest BCUT2D eigenvalue weighted by Crippen LogP contribution is 2.31. The Morgan fingerprint density at radius 2 is 2.33 bits per heavy atom. The predicted octanol–water partition coefficient (Wildman–Crippen LogP) is 1.32. The second-order valence-corrected chi connectivity index (χ2v) is 4.30. The van der Waals surface area contributed by atoms with Gasteiger partial charge in [-0.05, 0) is 17.7 Å². The van der Waals surface area contributed by atoms with Crippen molar-refractivity contribution in [3.8, 4) is 11.3 Å². The van der Waals surface area contributed by atoms with Crippen LogP contribution in [0.2, 0.25) is 0 Å². The van der Waals surface area contributed by atoms with Crippen LogP contribution in [0.5, 0.6) is 0 Å². The van der Waals surface area contributed by atoms with E-state index in [0.29, 0.717) is 12.3 Å². The van der Waals surface area contributed by atoms with Crippen LogP contribution in [-0.2, 0) is 17.8 Å². The zero-order chi connectivity index (χ0) is 12.7. The first-order chi connectivity index (χ1) is 8.69. The molecule has 0 atom stereocenters. The molecule has 0 aliphatic carbocycles. The van der Waals surface area contributed by atoms with E-state index in [4.69, 9.17) is 10.2 Å². The van der Waals surface area contributed by atoms with Gasteiger partial charge in [-0.1, -0.05) is 6.07 Å². The van der Waals surface area contributed by atoms with Crippen molar-refractivity contribution in [1.29, 1.82) is 0 Å². The Balaban J connectivity index is 2.01. The lowest BCUT2D eigenvalue weighted by atomic mass is 10.1. The Hall–Kier alpha value is -2.14. The molecule has 2 aromatic rings. The molecule has 0 spiro atoms. The largest absolute Gasteiger partial charge is 0.447 e. The van der Waals surface area contributed by atoms with Gasteiger partial charge in [0.2, 0.25) is 11.8 Å². The minimum atomic E-state index is 0.116. The number of nitrogens with zero attached hydrogens (tertiary/aromatic N) is 2. The average molecular weight is 243 g/mol. The summed E-state index contributed by atoms with van der Waals surface area (Å²) in [5, 5.41) is 0. The zero-order valence-corrected chi connectivity index (χ0v) is 10.0. The molecule has 1 amide bonds. The minimum Gasteiger partial charge on any atom is -0.447 e. The van der Waals surface area contributed by atoms with Gasteiger partial charge >= 0.3 is 0 Å². The molecule has 0 fully saturated rings. The summed E-state index contributed by atoms with van der Waals surface area (Å²) in [5.74, 6) is 0.628. The number of rotatable bonds is 2. The van der Waals surface area contributed by atoms with E-state index >= 15 is 0 Å². The maximum atomic E-state index is 11.6. The second kappa shape index (κ2) is 3.96. The van der Waals surface area contributed by atoms with Gasteiger partial charge in [0.1, 0.15) is 12.0 Å². The maximum absolute atomic E-state index is 11.6. The second-order valence-electron chi connectivity index (χ2n) is 4.30. The Morgan fingerprint density at radius 1 is 1.50 bits per heavy atom. The van der Waals surface area contributed by atoms with Crippen molar-refractivity contribution in [3.63, 3.8) is 0 Å². The van der Waals surface area contributed by atoms with E-state index < -0.39 is 0 Å². The number of aromatic nitrogens is 1. The van der Waals surface area contributed by atoms with E-state index in [2.05, 4.69) is 4.98 Å². The SMILES string of the molecule is CN1C(=O)Cc2cc(-c3coc(CN)n3)ccc21. The molecule has 2 N–H and O–H groups in total. The van der Waals surface area contributed by atoms with E-state index in [9.17, 15) is 4.79 Å². The molecule has 2 heterocycles. The van der Waals surface area contributed by atoms with Crippen molar-refractivity contribution >= 4 is 11.6 Å². The van der Waals surface area contributed by atoms with Crippen molar-refractivity contribution in [2.75, 3.05) is 11.9 Å². The Morgan fingerprint density at radius 3 is 3.06 bits per heavy atom. The summed E-state index contributed by atoms with van der Waals surface area (Å²) < 4.78 is 5.22.